The second-order valence-corrected chi connectivity index (χ2v) is 6.54. The van der Waals surface area contributed by atoms with Gasteiger partial charge in [0.15, 0.2) is 5.78 Å². The molecule has 22 heavy (non-hydrogen) atoms. The van der Waals surface area contributed by atoms with Gasteiger partial charge in [-0.3, -0.25) is 14.5 Å². The van der Waals surface area contributed by atoms with E-state index in [1.807, 2.05) is 0 Å². The van der Waals surface area contributed by atoms with E-state index in [1.54, 1.807) is 6.07 Å². The average molecular weight is 325 g/mol. The molecule has 1 aromatic rings. The van der Waals surface area contributed by atoms with Crippen LogP contribution in [0.2, 0.25) is 0 Å². The number of alkyl halides is 1. The van der Waals surface area contributed by atoms with E-state index in [9.17, 15) is 18.8 Å². The van der Waals surface area contributed by atoms with Crippen molar-refractivity contribution in [2.24, 2.45) is 0 Å². The Morgan fingerprint density at radius 2 is 2.00 bits per heavy atom. The summed E-state index contributed by atoms with van der Waals surface area (Å²) in [7, 11) is 0. The van der Waals surface area contributed by atoms with Crippen LogP contribution in [0.15, 0.2) is 24.3 Å². The van der Waals surface area contributed by atoms with Gasteiger partial charge in [-0.2, -0.15) is 0 Å². The summed E-state index contributed by atoms with van der Waals surface area (Å²) < 4.78 is 14.0. The van der Waals surface area contributed by atoms with E-state index >= 15 is 0 Å². The third kappa shape index (κ3) is 2.18. The number of halogens is 2. The smallest absolute Gasteiger partial charge is 0.319 e. The Kier molecular flexibility index (Phi) is 3.25. The Bertz CT molecular complexity index is 689. The number of amides is 3. The summed E-state index contributed by atoms with van der Waals surface area (Å²) >= 11 is 6.00. The molecule has 1 aliphatic carbocycles. The minimum absolute atomic E-state index is 0.0651. The molecule has 0 bridgehead atoms. The number of hydrogen-bond acceptors (Lipinski definition) is 3. The number of urea groups is 1. The van der Waals surface area contributed by atoms with Crippen LogP contribution in [0.4, 0.5) is 9.18 Å². The van der Waals surface area contributed by atoms with Crippen LogP contribution in [0.5, 0.6) is 0 Å². The van der Waals surface area contributed by atoms with Crippen molar-refractivity contribution < 1.29 is 18.8 Å². The molecule has 0 radical (unpaired) electrons. The number of ketones is 1. The lowest BCUT2D eigenvalue weighted by molar-refractivity contribution is -0.134. The lowest BCUT2D eigenvalue weighted by atomic mass is 9.91. The van der Waals surface area contributed by atoms with Gasteiger partial charge in [-0.15, -0.1) is 11.6 Å². The van der Waals surface area contributed by atoms with Gasteiger partial charge in [-0.25, -0.2) is 9.18 Å². The van der Waals surface area contributed by atoms with E-state index in [2.05, 4.69) is 5.32 Å². The molecule has 1 aliphatic heterocycles. The van der Waals surface area contributed by atoms with E-state index in [1.165, 1.54) is 25.1 Å². The number of rotatable bonds is 4. The van der Waals surface area contributed by atoms with Gasteiger partial charge in [0.2, 0.25) is 0 Å². The van der Waals surface area contributed by atoms with Gasteiger partial charge >= 0.3 is 6.03 Å². The molecule has 2 aliphatic rings. The number of benzene rings is 1. The van der Waals surface area contributed by atoms with Crippen molar-refractivity contribution in [3.8, 4) is 0 Å². The molecule has 3 amide bonds. The first-order chi connectivity index (χ1) is 10.3. The standard InChI is InChI=1S/C15H14ClFN2O3/c1-14(9-4-2-3-5-10(9)17)12(21)19(13(22)18-14)8-11(20)15(16)6-7-15/h2-5H,6-8H2,1H3,(H,18,22). The SMILES string of the molecule is CC1(c2ccccc2F)NC(=O)N(CC(=O)C2(Cl)CC2)C1=O. The highest BCUT2D eigenvalue weighted by molar-refractivity contribution is 6.38. The summed E-state index contributed by atoms with van der Waals surface area (Å²) in [5.41, 5.74) is -1.46. The molecule has 0 spiro atoms. The van der Waals surface area contributed by atoms with Gasteiger partial charge < -0.3 is 5.32 Å². The summed E-state index contributed by atoms with van der Waals surface area (Å²) in [5, 5.41) is 2.47. The molecule has 1 saturated carbocycles. The molecule has 1 atom stereocenters. The maximum absolute atomic E-state index is 14.0. The average Bonchev–Trinajstić information content (AvgIpc) is 3.18. The molecule has 1 N–H and O–H groups in total. The van der Waals surface area contributed by atoms with Crippen molar-refractivity contribution in [1.29, 1.82) is 0 Å². The van der Waals surface area contributed by atoms with Gasteiger partial charge in [0.05, 0.1) is 6.54 Å². The van der Waals surface area contributed by atoms with Crippen molar-refractivity contribution in [1.82, 2.24) is 10.2 Å². The Morgan fingerprint density at radius 3 is 2.59 bits per heavy atom. The van der Waals surface area contributed by atoms with E-state index < -0.39 is 34.7 Å². The predicted octanol–water partition coefficient (Wildman–Crippen LogP) is 1.93. The van der Waals surface area contributed by atoms with Crippen LogP contribution in [0.25, 0.3) is 0 Å². The van der Waals surface area contributed by atoms with Gasteiger partial charge in [0.1, 0.15) is 16.2 Å². The predicted molar refractivity (Wildman–Crippen MR) is 76.8 cm³/mol. The Balaban J connectivity index is 1.88. The van der Waals surface area contributed by atoms with E-state index in [-0.39, 0.29) is 11.3 Å². The van der Waals surface area contributed by atoms with Crippen LogP contribution in [0.1, 0.15) is 25.3 Å². The maximum atomic E-state index is 14.0. The van der Waals surface area contributed by atoms with E-state index in [0.717, 1.165) is 4.90 Å². The van der Waals surface area contributed by atoms with E-state index in [4.69, 9.17) is 11.6 Å². The van der Waals surface area contributed by atoms with Crippen molar-refractivity contribution >= 4 is 29.3 Å². The van der Waals surface area contributed by atoms with Crippen molar-refractivity contribution in [3.05, 3.63) is 35.6 Å². The minimum Gasteiger partial charge on any atom is -0.319 e. The summed E-state index contributed by atoms with van der Waals surface area (Å²) in [5.74, 6) is -1.62. The molecule has 116 valence electrons. The van der Waals surface area contributed by atoms with E-state index in [0.29, 0.717) is 12.8 Å². The van der Waals surface area contributed by atoms with Crippen LogP contribution in [0.3, 0.4) is 0 Å². The number of carbonyl (C=O) groups excluding carboxylic acids is 3. The molecule has 3 rings (SSSR count). The number of nitrogens with zero attached hydrogens (tertiary/aromatic N) is 1. The fourth-order valence-corrected chi connectivity index (χ4v) is 2.72. The quantitative estimate of drug-likeness (QED) is 0.680. The molecule has 1 heterocycles. The van der Waals surface area contributed by atoms with Crippen LogP contribution >= 0.6 is 11.6 Å². The third-order valence-corrected chi connectivity index (χ3v) is 4.77. The highest BCUT2D eigenvalue weighted by atomic mass is 35.5. The number of carbonyl (C=O) groups is 3. The Hall–Kier alpha value is -1.95. The summed E-state index contributed by atoms with van der Waals surface area (Å²) in [6, 6.07) is 5.00. The van der Waals surface area contributed by atoms with Crippen LogP contribution < -0.4 is 5.32 Å². The molecule has 0 aromatic heterocycles. The molecule has 5 nitrogen and oxygen atoms in total. The molecule has 1 aromatic carbocycles. The number of imide groups is 1. The molecular formula is C15H14ClFN2O3. The fraction of sp³-hybridized carbons (Fsp3) is 0.400. The van der Waals surface area contributed by atoms with Gasteiger partial charge in [-0.05, 0) is 25.8 Å². The van der Waals surface area contributed by atoms with Gasteiger partial charge in [0, 0.05) is 5.56 Å². The van der Waals surface area contributed by atoms with Crippen molar-refractivity contribution in [3.63, 3.8) is 0 Å². The second kappa shape index (κ2) is 4.78. The first-order valence-electron chi connectivity index (χ1n) is 6.89. The lowest BCUT2D eigenvalue weighted by Gasteiger charge is -2.22. The first-order valence-corrected chi connectivity index (χ1v) is 7.27. The number of Topliss-reactive ketones (excluding diaryl/α,β-unsaturated/α-hetero) is 1. The van der Waals surface area contributed by atoms with Gasteiger partial charge in [-0.1, -0.05) is 18.2 Å². The molecular weight excluding hydrogens is 311 g/mol. The topological polar surface area (TPSA) is 66.5 Å². The lowest BCUT2D eigenvalue weighted by Crippen LogP contribution is -2.43. The normalized spacial score (nSPS) is 26.0. The fourth-order valence-electron chi connectivity index (χ4n) is 2.56. The zero-order valence-corrected chi connectivity index (χ0v) is 12.6. The molecule has 1 unspecified atom stereocenters. The summed E-state index contributed by atoms with van der Waals surface area (Å²) in [6.07, 6.45) is 1.09. The Morgan fingerprint density at radius 1 is 1.36 bits per heavy atom. The van der Waals surface area contributed by atoms with Crippen molar-refractivity contribution in [2.45, 2.75) is 30.2 Å². The minimum atomic E-state index is -1.52. The molecule has 7 heteroatoms. The monoisotopic (exact) mass is 324 g/mol. The Labute approximate surface area is 131 Å². The summed E-state index contributed by atoms with van der Waals surface area (Å²) in [6.45, 7) is 1.03. The molecule has 2 fully saturated rings. The number of hydrogen-bond donors (Lipinski definition) is 1. The highest BCUT2D eigenvalue weighted by Gasteiger charge is 2.54. The first kappa shape index (κ1) is 15.0. The van der Waals surface area contributed by atoms with Crippen molar-refractivity contribution in [2.75, 3.05) is 6.54 Å². The van der Waals surface area contributed by atoms with Crippen LogP contribution in [-0.2, 0) is 15.1 Å². The summed E-state index contributed by atoms with van der Waals surface area (Å²) in [4.78, 5) is 36.5. The van der Waals surface area contributed by atoms with Crippen LogP contribution in [-0.4, -0.2) is 34.0 Å². The van der Waals surface area contributed by atoms with Crippen LogP contribution in [0, 0.1) is 5.82 Å². The third-order valence-electron chi connectivity index (χ3n) is 4.18. The number of nitrogens with one attached hydrogen (secondary N) is 1. The highest BCUT2D eigenvalue weighted by Crippen LogP contribution is 2.43. The molecule has 1 saturated heterocycles. The second-order valence-electron chi connectivity index (χ2n) is 5.81. The largest absolute Gasteiger partial charge is 0.325 e. The zero-order chi connectivity index (χ0) is 16.1. The zero-order valence-electron chi connectivity index (χ0n) is 11.9. The maximum Gasteiger partial charge on any atom is 0.325 e. The van der Waals surface area contributed by atoms with Gasteiger partial charge in [0.25, 0.3) is 5.91 Å².